The monoisotopic (exact) mass is 459 g/mol. The SMILES string of the molecule is Cc1cccc(OCCCn2c(CCCNC(=O)c3ccc(F)cc3)nc3ccccc32)c1C. The number of para-hydroxylation sites is 2. The van der Waals surface area contributed by atoms with Crippen molar-refractivity contribution in [3.05, 3.63) is 95.1 Å². The molecule has 0 saturated heterocycles. The molecule has 1 aromatic heterocycles. The van der Waals surface area contributed by atoms with Crippen molar-refractivity contribution in [3.63, 3.8) is 0 Å². The molecule has 0 fully saturated rings. The minimum atomic E-state index is -0.352. The molecule has 0 saturated carbocycles. The van der Waals surface area contributed by atoms with Crippen molar-refractivity contribution in [2.45, 2.75) is 39.7 Å². The summed E-state index contributed by atoms with van der Waals surface area (Å²) in [5.41, 5.74) is 4.95. The van der Waals surface area contributed by atoms with Crippen LogP contribution in [0.25, 0.3) is 11.0 Å². The molecule has 0 atom stereocenters. The van der Waals surface area contributed by atoms with Gasteiger partial charge in [-0.2, -0.15) is 0 Å². The Kier molecular flexibility index (Phi) is 7.58. The number of carbonyl (C=O) groups excluding carboxylic acids is 1. The van der Waals surface area contributed by atoms with E-state index in [0.29, 0.717) is 18.7 Å². The van der Waals surface area contributed by atoms with Gasteiger partial charge in [-0.05, 0) is 80.3 Å². The highest BCUT2D eigenvalue weighted by atomic mass is 19.1. The summed E-state index contributed by atoms with van der Waals surface area (Å²) in [6.45, 7) is 6.14. The van der Waals surface area contributed by atoms with Crippen LogP contribution in [0.5, 0.6) is 5.75 Å². The number of carbonyl (C=O) groups is 1. The number of halogens is 1. The number of rotatable bonds is 10. The molecular formula is C28H30FN3O2. The van der Waals surface area contributed by atoms with E-state index in [1.54, 1.807) is 0 Å². The topological polar surface area (TPSA) is 56.1 Å². The maximum Gasteiger partial charge on any atom is 0.251 e. The summed E-state index contributed by atoms with van der Waals surface area (Å²) >= 11 is 0. The molecular weight excluding hydrogens is 429 g/mol. The lowest BCUT2D eigenvalue weighted by molar-refractivity contribution is 0.0953. The van der Waals surface area contributed by atoms with Gasteiger partial charge in [-0.25, -0.2) is 9.37 Å². The van der Waals surface area contributed by atoms with Gasteiger partial charge in [0.05, 0.1) is 17.6 Å². The van der Waals surface area contributed by atoms with Gasteiger partial charge >= 0.3 is 0 Å². The zero-order valence-electron chi connectivity index (χ0n) is 19.7. The van der Waals surface area contributed by atoms with Crippen molar-refractivity contribution in [2.75, 3.05) is 13.2 Å². The van der Waals surface area contributed by atoms with Crippen LogP contribution in [-0.2, 0) is 13.0 Å². The first kappa shape index (κ1) is 23.5. The van der Waals surface area contributed by atoms with Crippen LogP contribution in [0.1, 0.15) is 40.2 Å². The molecule has 6 heteroatoms. The Balaban J connectivity index is 1.33. The highest BCUT2D eigenvalue weighted by molar-refractivity contribution is 5.94. The Hall–Kier alpha value is -3.67. The molecule has 0 bridgehead atoms. The third-order valence-corrected chi connectivity index (χ3v) is 6.04. The quantitative estimate of drug-likeness (QED) is 0.313. The van der Waals surface area contributed by atoms with E-state index in [9.17, 15) is 9.18 Å². The third-order valence-electron chi connectivity index (χ3n) is 6.04. The van der Waals surface area contributed by atoms with E-state index in [1.165, 1.54) is 35.4 Å². The van der Waals surface area contributed by atoms with E-state index >= 15 is 0 Å². The lowest BCUT2D eigenvalue weighted by atomic mass is 10.1. The molecule has 0 spiro atoms. The van der Waals surface area contributed by atoms with Gasteiger partial charge in [0.25, 0.3) is 5.91 Å². The van der Waals surface area contributed by atoms with Crippen LogP contribution in [0, 0.1) is 19.7 Å². The average Bonchev–Trinajstić information content (AvgIpc) is 3.19. The largest absolute Gasteiger partial charge is 0.493 e. The number of hydrogen-bond acceptors (Lipinski definition) is 3. The number of fused-ring (bicyclic) bond motifs is 1. The molecule has 34 heavy (non-hydrogen) atoms. The summed E-state index contributed by atoms with van der Waals surface area (Å²) in [6.07, 6.45) is 2.37. The first-order valence-electron chi connectivity index (χ1n) is 11.7. The summed E-state index contributed by atoms with van der Waals surface area (Å²) < 4.78 is 21.3. The van der Waals surface area contributed by atoms with E-state index < -0.39 is 0 Å². The van der Waals surface area contributed by atoms with Gasteiger partial charge in [0.1, 0.15) is 17.4 Å². The molecule has 0 aliphatic rings. The summed E-state index contributed by atoms with van der Waals surface area (Å²) in [6, 6.07) is 19.8. The van der Waals surface area contributed by atoms with Gasteiger partial charge in [0, 0.05) is 25.1 Å². The van der Waals surface area contributed by atoms with Crippen molar-refractivity contribution in [1.29, 1.82) is 0 Å². The van der Waals surface area contributed by atoms with Crippen LogP contribution in [0.4, 0.5) is 4.39 Å². The molecule has 0 aliphatic carbocycles. The maximum atomic E-state index is 13.1. The standard InChI is InChI=1S/C28H30FN3O2/c1-20-8-5-11-26(21(20)2)34-19-7-18-32-25-10-4-3-9-24(25)31-27(32)12-6-17-30-28(33)22-13-15-23(29)16-14-22/h3-5,8-11,13-16H,6-7,12,17-19H2,1-2H3,(H,30,33). The molecule has 176 valence electrons. The van der Waals surface area contributed by atoms with Crippen molar-refractivity contribution in [2.24, 2.45) is 0 Å². The van der Waals surface area contributed by atoms with E-state index in [1.807, 2.05) is 30.3 Å². The van der Waals surface area contributed by atoms with Crippen LogP contribution in [0.2, 0.25) is 0 Å². The molecule has 4 rings (SSSR count). The Labute approximate surface area is 199 Å². The number of nitrogens with one attached hydrogen (secondary N) is 1. The normalized spacial score (nSPS) is 11.0. The number of ether oxygens (including phenoxy) is 1. The van der Waals surface area contributed by atoms with Gasteiger partial charge in [0.2, 0.25) is 0 Å². The zero-order chi connectivity index (χ0) is 23.9. The van der Waals surface area contributed by atoms with Crippen molar-refractivity contribution >= 4 is 16.9 Å². The Morgan fingerprint density at radius 3 is 2.62 bits per heavy atom. The second-order valence-corrected chi connectivity index (χ2v) is 8.43. The minimum Gasteiger partial charge on any atom is -0.493 e. The number of benzene rings is 3. The number of amides is 1. The summed E-state index contributed by atoms with van der Waals surface area (Å²) in [5, 5.41) is 2.90. The van der Waals surface area contributed by atoms with Crippen LogP contribution in [0.3, 0.4) is 0 Å². The van der Waals surface area contributed by atoms with Gasteiger partial charge in [-0.3, -0.25) is 4.79 Å². The number of imidazole rings is 1. The van der Waals surface area contributed by atoms with Crippen LogP contribution >= 0.6 is 0 Å². The van der Waals surface area contributed by atoms with E-state index in [-0.39, 0.29) is 11.7 Å². The fourth-order valence-corrected chi connectivity index (χ4v) is 4.00. The van der Waals surface area contributed by atoms with E-state index in [4.69, 9.17) is 9.72 Å². The highest BCUT2D eigenvalue weighted by Gasteiger charge is 2.11. The molecule has 1 amide bonds. The van der Waals surface area contributed by atoms with E-state index in [0.717, 1.165) is 48.4 Å². The van der Waals surface area contributed by atoms with Crippen LogP contribution in [-0.4, -0.2) is 28.6 Å². The third kappa shape index (κ3) is 5.63. The van der Waals surface area contributed by atoms with Gasteiger partial charge in [0.15, 0.2) is 0 Å². The predicted octanol–water partition coefficient (Wildman–Crippen LogP) is 5.62. The lowest BCUT2D eigenvalue weighted by Gasteiger charge is -2.13. The van der Waals surface area contributed by atoms with E-state index in [2.05, 4.69) is 35.9 Å². The molecule has 0 radical (unpaired) electrons. The number of aryl methyl sites for hydroxylation is 3. The molecule has 5 nitrogen and oxygen atoms in total. The highest BCUT2D eigenvalue weighted by Crippen LogP contribution is 2.21. The van der Waals surface area contributed by atoms with Crippen LogP contribution < -0.4 is 10.1 Å². The molecule has 1 N–H and O–H groups in total. The van der Waals surface area contributed by atoms with Crippen LogP contribution in [0.15, 0.2) is 66.7 Å². The second kappa shape index (κ2) is 11.0. The van der Waals surface area contributed by atoms with Gasteiger partial charge in [-0.1, -0.05) is 24.3 Å². The van der Waals surface area contributed by atoms with Gasteiger partial charge in [-0.15, -0.1) is 0 Å². The van der Waals surface area contributed by atoms with Crippen molar-refractivity contribution < 1.29 is 13.9 Å². The smallest absolute Gasteiger partial charge is 0.251 e. The summed E-state index contributed by atoms with van der Waals surface area (Å²) in [7, 11) is 0. The second-order valence-electron chi connectivity index (χ2n) is 8.43. The molecule has 1 heterocycles. The molecule has 0 aliphatic heterocycles. The maximum absolute atomic E-state index is 13.1. The molecule has 4 aromatic rings. The lowest BCUT2D eigenvalue weighted by Crippen LogP contribution is -2.25. The fourth-order valence-electron chi connectivity index (χ4n) is 4.00. The van der Waals surface area contributed by atoms with Crippen molar-refractivity contribution in [3.8, 4) is 5.75 Å². The Morgan fingerprint density at radius 2 is 1.79 bits per heavy atom. The first-order valence-corrected chi connectivity index (χ1v) is 11.7. The Morgan fingerprint density at radius 1 is 1.00 bits per heavy atom. The minimum absolute atomic E-state index is 0.197. The summed E-state index contributed by atoms with van der Waals surface area (Å²) in [5.74, 6) is 1.39. The predicted molar refractivity (Wildman–Crippen MR) is 133 cm³/mol. The number of aromatic nitrogens is 2. The molecule has 0 unspecified atom stereocenters. The fraction of sp³-hybridized carbons (Fsp3) is 0.286. The Bertz CT molecular complexity index is 1260. The average molecular weight is 460 g/mol. The summed E-state index contributed by atoms with van der Waals surface area (Å²) in [4.78, 5) is 17.1. The number of hydrogen-bond donors (Lipinski definition) is 1. The first-order chi connectivity index (χ1) is 16.5. The molecule has 3 aromatic carbocycles. The zero-order valence-corrected chi connectivity index (χ0v) is 19.7. The number of nitrogens with zero attached hydrogens (tertiary/aromatic N) is 2. The van der Waals surface area contributed by atoms with Crippen molar-refractivity contribution in [1.82, 2.24) is 14.9 Å². The van der Waals surface area contributed by atoms with Gasteiger partial charge < -0.3 is 14.6 Å².